The highest BCUT2D eigenvalue weighted by molar-refractivity contribution is 7.17. The first-order valence-electron chi connectivity index (χ1n) is 4.83. The maximum Gasteiger partial charge on any atom is 0.277 e. The minimum absolute atomic E-state index is 0.0733. The molecule has 1 aromatic heterocycles. The van der Waals surface area contributed by atoms with E-state index in [0.29, 0.717) is 9.90 Å². The Hall–Kier alpha value is -1.65. The summed E-state index contributed by atoms with van der Waals surface area (Å²) < 4.78 is 0.618. The van der Waals surface area contributed by atoms with Crippen LogP contribution in [0.4, 0.5) is 0 Å². The van der Waals surface area contributed by atoms with Gasteiger partial charge in [0.15, 0.2) is 0 Å². The van der Waals surface area contributed by atoms with Crippen molar-refractivity contribution < 1.29 is 4.92 Å². The second kappa shape index (κ2) is 5.12. The highest BCUT2D eigenvalue weighted by atomic mass is 35.5. The van der Waals surface area contributed by atoms with Crippen LogP contribution in [0.1, 0.15) is 10.4 Å². The summed E-state index contributed by atoms with van der Waals surface area (Å²) in [5, 5.41) is 11.0. The highest BCUT2D eigenvalue weighted by Crippen LogP contribution is 2.26. The quantitative estimate of drug-likeness (QED) is 0.617. The lowest BCUT2D eigenvalue weighted by Gasteiger charge is -1.97. The summed E-state index contributed by atoms with van der Waals surface area (Å²) in [6, 6.07) is 12.3. The Morgan fingerprint density at radius 2 is 1.94 bits per heavy atom. The first-order chi connectivity index (χ1) is 8.16. The van der Waals surface area contributed by atoms with Crippen molar-refractivity contribution in [3.63, 3.8) is 0 Å². The summed E-state index contributed by atoms with van der Waals surface area (Å²) in [5.74, 6) is 0. The van der Waals surface area contributed by atoms with Crippen LogP contribution in [-0.4, -0.2) is 4.92 Å². The van der Waals surface area contributed by atoms with Gasteiger partial charge < -0.3 is 0 Å². The van der Waals surface area contributed by atoms with Crippen LogP contribution in [-0.2, 0) is 0 Å². The standard InChI is InChI=1S/C12H8ClNO2S/c13-12-7-6-10(17-12)8-11(14(15)16)9-4-2-1-3-5-9/h1-8H. The molecule has 0 atom stereocenters. The third kappa shape index (κ3) is 2.93. The average molecular weight is 266 g/mol. The lowest BCUT2D eigenvalue weighted by atomic mass is 10.1. The van der Waals surface area contributed by atoms with E-state index >= 15 is 0 Å². The molecule has 2 rings (SSSR count). The Labute approximate surface area is 107 Å². The van der Waals surface area contributed by atoms with Crippen LogP contribution in [0.25, 0.3) is 11.8 Å². The lowest BCUT2D eigenvalue weighted by molar-refractivity contribution is -0.374. The largest absolute Gasteiger partial charge is 0.277 e. The van der Waals surface area contributed by atoms with Crippen LogP contribution < -0.4 is 0 Å². The van der Waals surface area contributed by atoms with Gasteiger partial charge in [-0.15, -0.1) is 11.3 Å². The van der Waals surface area contributed by atoms with Gasteiger partial charge in [-0.05, 0) is 24.3 Å². The fourth-order valence-electron chi connectivity index (χ4n) is 1.39. The molecule has 0 N–H and O–H groups in total. The van der Waals surface area contributed by atoms with Gasteiger partial charge in [-0.1, -0.05) is 29.8 Å². The fourth-order valence-corrected chi connectivity index (χ4v) is 2.39. The smallest absolute Gasteiger partial charge is 0.258 e. The molecule has 0 saturated heterocycles. The molecule has 0 bridgehead atoms. The number of nitro groups is 1. The van der Waals surface area contributed by atoms with Gasteiger partial charge in [-0.25, -0.2) is 0 Å². The SMILES string of the molecule is O=[N+]([O-])C(=Cc1ccc(Cl)s1)c1ccccc1. The summed E-state index contributed by atoms with van der Waals surface area (Å²) in [7, 11) is 0. The predicted molar refractivity (Wildman–Crippen MR) is 70.6 cm³/mol. The predicted octanol–water partition coefficient (Wildman–Crippen LogP) is 4.18. The van der Waals surface area contributed by atoms with E-state index in [1.165, 1.54) is 17.4 Å². The monoisotopic (exact) mass is 265 g/mol. The molecule has 0 fully saturated rings. The van der Waals surface area contributed by atoms with Gasteiger partial charge in [-0.2, -0.15) is 0 Å². The molecule has 0 unspecified atom stereocenters. The summed E-state index contributed by atoms with van der Waals surface area (Å²) in [6.45, 7) is 0. The van der Waals surface area contributed by atoms with Crippen molar-refractivity contribution in [2.24, 2.45) is 0 Å². The molecule has 86 valence electrons. The molecule has 5 heteroatoms. The zero-order valence-corrected chi connectivity index (χ0v) is 10.2. The van der Waals surface area contributed by atoms with Gasteiger partial charge in [0.2, 0.25) is 0 Å². The molecule has 0 spiro atoms. The molecule has 0 aliphatic heterocycles. The van der Waals surface area contributed by atoms with Crippen molar-refractivity contribution in [2.75, 3.05) is 0 Å². The number of benzene rings is 1. The van der Waals surface area contributed by atoms with Crippen LogP contribution in [0.5, 0.6) is 0 Å². The number of rotatable bonds is 3. The minimum atomic E-state index is -0.386. The van der Waals surface area contributed by atoms with Crippen LogP contribution in [0, 0.1) is 10.1 Å². The molecular formula is C12H8ClNO2S. The first kappa shape index (κ1) is 11.8. The molecule has 0 saturated carbocycles. The molecule has 1 heterocycles. The molecule has 0 amide bonds. The van der Waals surface area contributed by atoms with E-state index in [-0.39, 0.29) is 10.6 Å². The maximum atomic E-state index is 11.0. The van der Waals surface area contributed by atoms with Gasteiger partial charge >= 0.3 is 0 Å². The van der Waals surface area contributed by atoms with E-state index in [0.717, 1.165) is 4.88 Å². The molecule has 0 radical (unpaired) electrons. The number of thiophene rings is 1. The van der Waals surface area contributed by atoms with Gasteiger partial charge in [0, 0.05) is 11.0 Å². The fraction of sp³-hybridized carbons (Fsp3) is 0. The molecule has 0 aliphatic rings. The summed E-state index contributed by atoms with van der Waals surface area (Å²) in [5.41, 5.74) is 0.658. The summed E-state index contributed by atoms with van der Waals surface area (Å²) in [4.78, 5) is 11.4. The Kier molecular flexibility index (Phi) is 3.56. The summed E-state index contributed by atoms with van der Waals surface area (Å²) in [6.07, 6.45) is 1.53. The number of hydrogen-bond donors (Lipinski definition) is 0. The maximum absolute atomic E-state index is 11.0. The van der Waals surface area contributed by atoms with E-state index in [1.807, 2.05) is 6.07 Å². The molecule has 3 nitrogen and oxygen atoms in total. The number of halogens is 1. The zero-order valence-electron chi connectivity index (χ0n) is 8.67. The van der Waals surface area contributed by atoms with Crippen LogP contribution in [0.15, 0.2) is 42.5 Å². The minimum Gasteiger partial charge on any atom is -0.258 e. The van der Waals surface area contributed by atoms with E-state index in [9.17, 15) is 10.1 Å². The van der Waals surface area contributed by atoms with Crippen molar-refractivity contribution >= 4 is 34.7 Å². The number of nitrogens with zero attached hydrogens (tertiary/aromatic N) is 1. The van der Waals surface area contributed by atoms with Gasteiger partial charge in [0.25, 0.3) is 5.70 Å². The molecule has 17 heavy (non-hydrogen) atoms. The molecule has 0 aliphatic carbocycles. The Morgan fingerprint density at radius 3 is 2.47 bits per heavy atom. The Morgan fingerprint density at radius 1 is 1.24 bits per heavy atom. The number of hydrogen-bond acceptors (Lipinski definition) is 3. The molecule has 2 aromatic rings. The van der Waals surface area contributed by atoms with Gasteiger partial charge in [0.05, 0.1) is 14.8 Å². The van der Waals surface area contributed by atoms with Crippen molar-refractivity contribution in [1.29, 1.82) is 0 Å². The van der Waals surface area contributed by atoms with Crippen LogP contribution >= 0.6 is 22.9 Å². The van der Waals surface area contributed by atoms with Crippen molar-refractivity contribution in [2.45, 2.75) is 0 Å². The summed E-state index contributed by atoms with van der Waals surface area (Å²) >= 11 is 7.10. The third-order valence-electron chi connectivity index (χ3n) is 2.14. The van der Waals surface area contributed by atoms with E-state index in [1.54, 1.807) is 36.4 Å². The lowest BCUT2D eigenvalue weighted by Crippen LogP contribution is -1.96. The topological polar surface area (TPSA) is 43.1 Å². The molecule has 1 aromatic carbocycles. The zero-order chi connectivity index (χ0) is 12.3. The van der Waals surface area contributed by atoms with Crippen molar-refractivity contribution in [1.82, 2.24) is 0 Å². The van der Waals surface area contributed by atoms with Crippen molar-refractivity contribution in [3.8, 4) is 0 Å². The van der Waals surface area contributed by atoms with E-state index in [2.05, 4.69) is 0 Å². The van der Waals surface area contributed by atoms with Crippen LogP contribution in [0.3, 0.4) is 0 Å². The average Bonchev–Trinajstić information content (AvgIpc) is 2.73. The normalized spacial score (nSPS) is 11.5. The second-order valence-electron chi connectivity index (χ2n) is 3.29. The first-order valence-corrected chi connectivity index (χ1v) is 6.03. The molecular weight excluding hydrogens is 258 g/mol. The van der Waals surface area contributed by atoms with E-state index in [4.69, 9.17) is 11.6 Å². The van der Waals surface area contributed by atoms with Crippen LogP contribution in [0.2, 0.25) is 4.34 Å². The third-order valence-corrected chi connectivity index (χ3v) is 3.32. The Balaban J connectivity index is 2.43. The second-order valence-corrected chi connectivity index (χ2v) is 5.04. The van der Waals surface area contributed by atoms with Gasteiger partial charge in [-0.3, -0.25) is 10.1 Å². The highest BCUT2D eigenvalue weighted by Gasteiger charge is 2.13. The van der Waals surface area contributed by atoms with Gasteiger partial charge in [0.1, 0.15) is 0 Å². The van der Waals surface area contributed by atoms with E-state index < -0.39 is 0 Å². The Bertz CT molecular complexity index is 563. The van der Waals surface area contributed by atoms with Crippen molar-refractivity contribution in [3.05, 3.63) is 67.4 Å².